The average molecular weight is 354 g/mol. The summed E-state index contributed by atoms with van der Waals surface area (Å²) in [6.07, 6.45) is 3.43. The first-order valence-electron chi connectivity index (χ1n) is 8.98. The number of amides is 1. The van der Waals surface area contributed by atoms with Crippen molar-refractivity contribution in [1.29, 1.82) is 0 Å². The van der Waals surface area contributed by atoms with Gasteiger partial charge >= 0.3 is 0 Å². The summed E-state index contributed by atoms with van der Waals surface area (Å²) < 4.78 is 5.84. The molecule has 0 atom stereocenters. The van der Waals surface area contributed by atoms with Crippen LogP contribution in [0.5, 0.6) is 5.75 Å². The monoisotopic (exact) mass is 354 g/mol. The van der Waals surface area contributed by atoms with Gasteiger partial charge in [0.05, 0.1) is 29.2 Å². The van der Waals surface area contributed by atoms with E-state index in [0.717, 1.165) is 43.3 Å². The first-order valence-corrected chi connectivity index (χ1v) is 8.98. The number of likely N-dealkylation sites (N-methyl/N-ethyl adjacent to an activating group) is 1. The van der Waals surface area contributed by atoms with Gasteiger partial charge in [-0.25, -0.2) is 0 Å². The lowest BCUT2D eigenvalue weighted by Crippen LogP contribution is -2.47. The molecule has 2 heterocycles. The number of carbonyl (C=O) groups is 1. The number of benzene rings is 1. The highest BCUT2D eigenvalue weighted by molar-refractivity contribution is 5.95. The Balaban J connectivity index is 1.75. The number of aromatic nitrogens is 1. The normalized spacial score (nSPS) is 15.2. The number of pyridine rings is 1. The first-order chi connectivity index (χ1) is 12.5. The number of hydrogen-bond acceptors (Lipinski definition) is 5. The standard InChI is InChI=1S/C20H26N4O2/c1-15(2)26-19-7-5-4-6-18(19)22-17-12-16(13-21-14-17)20(25)24-10-8-23(3)9-11-24/h4-7,12-15,22H,8-11H2,1-3H3. The van der Waals surface area contributed by atoms with Gasteiger partial charge in [0.15, 0.2) is 0 Å². The molecule has 138 valence electrons. The molecule has 1 amide bonds. The van der Waals surface area contributed by atoms with Gasteiger partial charge in [-0.05, 0) is 39.1 Å². The van der Waals surface area contributed by atoms with Gasteiger partial charge < -0.3 is 19.9 Å². The Kier molecular flexibility index (Phi) is 5.73. The molecular weight excluding hydrogens is 328 g/mol. The third-order valence-corrected chi connectivity index (χ3v) is 4.30. The van der Waals surface area contributed by atoms with Crippen LogP contribution in [0.1, 0.15) is 24.2 Å². The summed E-state index contributed by atoms with van der Waals surface area (Å²) in [5.41, 5.74) is 2.22. The van der Waals surface area contributed by atoms with Crippen LogP contribution >= 0.6 is 0 Å². The third-order valence-electron chi connectivity index (χ3n) is 4.30. The molecule has 1 saturated heterocycles. The zero-order chi connectivity index (χ0) is 18.5. The Labute approximate surface area is 154 Å². The van der Waals surface area contributed by atoms with Gasteiger partial charge in [0.25, 0.3) is 5.91 Å². The maximum atomic E-state index is 12.7. The van der Waals surface area contributed by atoms with Crippen LogP contribution in [0.3, 0.4) is 0 Å². The molecule has 26 heavy (non-hydrogen) atoms. The van der Waals surface area contributed by atoms with Gasteiger partial charge in [0.2, 0.25) is 0 Å². The summed E-state index contributed by atoms with van der Waals surface area (Å²) >= 11 is 0. The highest BCUT2D eigenvalue weighted by Gasteiger charge is 2.20. The SMILES string of the molecule is CC(C)Oc1ccccc1Nc1cncc(C(=O)N2CCN(C)CC2)c1. The fraction of sp³-hybridized carbons (Fsp3) is 0.400. The summed E-state index contributed by atoms with van der Waals surface area (Å²) in [6.45, 7) is 7.28. The number of para-hydroxylation sites is 2. The van der Waals surface area contributed by atoms with Crippen molar-refractivity contribution in [1.82, 2.24) is 14.8 Å². The third kappa shape index (κ3) is 4.52. The molecule has 0 radical (unpaired) electrons. The molecule has 0 bridgehead atoms. The Morgan fingerprint density at radius 2 is 1.88 bits per heavy atom. The second kappa shape index (κ2) is 8.19. The van der Waals surface area contributed by atoms with E-state index in [4.69, 9.17) is 4.74 Å². The van der Waals surface area contributed by atoms with E-state index in [1.54, 1.807) is 12.4 Å². The number of anilines is 2. The molecule has 0 aliphatic carbocycles. The second-order valence-electron chi connectivity index (χ2n) is 6.85. The molecule has 0 saturated carbocycles. The molecule has 1 N–H and O–H groups in total. The Hall–Kier alpha value is -2.60. The van der Waals surface area contributed by atoms with E-state index >= 15 is 0 Å². The van der Waals surface area contributed by atoms with Crippen molar-refractivity contribution in [3.8, 4) is 5.75 Å². The van der Waals surface area contributed by atoms with Crippen molar-refractivity contribution in [3.05, 3.63) is 48.3 Å². The van der Waals surface area contributed by atoms with E-state index in [-0.39, 0.29) is 12.0 Å². The van der Waals surface area contributed by atoms with Crippen LogP contribution < -0.4 is 10.1 Å². The minimum Gasteiger partial charge on any atom is -0.489 e. The summed E-state index contributed by atoms with van der Waals surface area (Å²) in [6, 6.07) is 9.61. The van der Waals surface area contributed by atoms with Crippen molar-refractivity contribution < 1.29 is 9.53 Å². The van der Waals surface area contributed by atoms with Crippen molar-refractivity contribution in [2.45, 2.75) is 20.0 Å². The molecule has 1 aromatic heterocycles. The molecule has 1 aromatic carbocycles. The Morgan fingerprint density at radius 1 is 1.15 bits per heavy atom. The fourth-order valence-electron chi connectivity index (χ4n) is 2.90. The molecule has 2 aromatic rings. The lowest BCUT2D eigenvalue weighted by Gasteiger charge is -2.32. The van der Waals surface area contributed by atoms with E-state index < -0.39 is 0 Å². The maximum absolute atomic E-state index is 12.7. The molecule has 0 unspecified atom stereocenters. The van der Waals surface area contributed by atoms with Gasteiger partial charge in [-0.15, -0.1) is 0 Å². The van der Waals surface area contributed by atoms with Crippen LogP contribution in [0.4, 0.5) is 11.4 Å². The lowest BCUT2D eigenvalue weighted by molar-refractivity contribution is 0.0663. The van der Waals surface area contributed by atoms with E-state index in [1.165, 1.54) is 0 Å². The van der Waals surface area contributed by atoms with Crippen LogP contribution in [0.25, 0.3) is 0 Å². The highest BCUT2D eigenvalue weighted by Crippen LogP contribution is 2.28. The number of nitrogens with zero attached hydrogens (tertiary/aromatic N) is 3. The lowest BCUT2D eigenvalue weighted by atomic mass is 10.2. The Morgan fingerprint density at radius 3 is 2.62 bits per heavy atom. The summed E-state index contributed by atoms with van der Waals surface area (Å²) in [5, 5.41) is 3.32. The molecule has 6 nitrogen and oxygen atoms in total. The average Bonchev–Trinajstić information content (AvgIpc) is 2.63. The van der Waals surface area contributed by atoms with Crippen LogP contribution in [-0.4, -0.2) is 60.0 Å². The fourth-order valence-corrected chi connectivity index (χ4v) is 2.90. The van der Waals surface area contributed by atoms with E-state index in [9.17, 15) is 4.79 Å². The van der Waals surface area contributed by atoms with E-state index in [1.807, 2.05) is 49.1 Å². The second-order valence-corrected chi connectivity index (χ2v) is 6.85. The smallest absolute Gasteiger partial charge is 0.255 e. The zero-order valence-electron chi connectivity index (χ0n) is 15.6. The number of carbonyl (C=O) groups excluding carboxylic acids is 1. The first kappa shape index (κ1) is 18.2. The largest absolute Gasteiger partial charge is 0.489 e. The number of nitrogens with one attached hydrogen (secondary N) is 1. The van der Waals surface area contributed by atoms with Gasteiger partial charge in [-0.2, -0.15) is 0 Å². The Bertz CT molecular complexity index is 755. The molecular formula is C20H26N4O2. The molecule has 1 fully saturated rings. The van der Waals surface area contributed by atoms with Crippen LogP contribution in [0.2, 0.25) is 0 Å². The summed E-state index contributed by atoms with van der Waals surface area (Å²) in [5.74, 6) is 0.805. The topological polar surface area (TPSA) is 57.7 Å². The quantitative estimate of drug-likeness (QED) is 0.894. The number of ether oxygens (including phenoxy) is 1. The van der Waals surface area contributed by atoms with Crippen LogP contribution in [-0.2, 0) is 0 Å². The number of piperazine rings is 1. The van der Waals surface area contributed by atoms with Gasteiger partial charge in [0, 0.05) is 32.4 Å². The summed E-state index contributed by atoms with van der Waals surface area (Å²) in [4.78, 5) is 21.1. The summed E-state index contributed by atoms with van der Waals surface area (Å²) in [7, 11) is 2.07. The van der Waals surface area contributed by atoms with Crippen molar-refractivity contribution in [2.75, 3.05) is 38.5 Å². The van der Waals surface area contributed by atoms with Gasteiger partial charge in [-0.3, -0.25) is 9.78 Å². The van der Waals surface area contributed by atoms with Crippen LogP contribution in [0.15, 0.2) is 42.7 Å². The molecule has 0 spiro atoms. The molecule has 6 heteroatoms. The van der Waals surface area contributed by atoms with Crippen molar-refractivity contribution >= 4 is 17.3 Å². The molecule has 1 aliphatic rings. The van der Waals surface area contributed by atoms with Crippen LogP contribution in [0, 0.1) is 0 Å². The van der Waals surface area contributed by atoms with Gasteiger partial charge in [0.1, 0.15) is 5.75 Å². The number of rotatable bonds is 5. The predicted molar refractivity (Wildman–Crippen MR) is 103 cm³/mol. The van der Waals surface area contributed by atoms with Gasteiger partial charge in [-0.1, -0.05) is 12.1 Å². The zero-order valence-corrected chi connectivity index (χ0v) is 15.6. The minimum atomic E-state index is 0.0287. The van der Waals surface area contributed by atoms with E-state index in [2.05, 4.69) is 22.2 Å². The predicted octanol–water partition coefficient (Wildman–Crippen LogP) is 3.00. The van der Waals surface area contributed by atoms with Crippen molar-refractivity contribution in [3.63, 3.8) is 0 Å². The van der Waals surface area contributed by atoms with E-state index in [0.29, 0.717) is 5.56 Å². The highest BCUT2D eigenvalue weighted by atomic mass is 16.5. The molecule has 3 rings (SSSR count). The minimum absolute atomic E-state index is 0.0287. The molecule has 1 aliphatic heterocycles. The number of hydrogen-bond donors (Lipinski definition) is 1. The maximum Gasteiger partial charge on any atom is 0.255 e. The van der Waals surface area contributed by atoms with Crippen molar-refractivity contribution in [2.24, 2.45) is 0 Å².